The van der Waals surface area contributed by atoms with Crippen molar-refractivity contribution in [3.63, 3.8) is 0 Å². The smallest absolute Gasteiger partial charge is 0.229 e. The molecule has 1 atom stereocenters. The van der Waals surface area contributed by atoms with Gasteiger partial charge in [-0.3, -0.25) is 19.3 Å². The number of rotatable bonds is 3. The van der Waals surface area contributed by atoms with Gasteiger partial charge in [-0.1, -0.05) is 19.1 Å². The van der Waals surface area contributed by atoms with Gasteiger partial charge in [0, 0.05) is 42.5 Å². The van der Waals surface area contributed by atoms with E-state index in [1.807, 2.05) is 24.3 Å². The fourth-order valence-corrected chi connectivity index (χ4v) is 4.07. The molecule has 23 heavy (non-hydrogen) atoms. The third kappa shape index (κ3) is 3.42. The number of thioether (sulfide) groups is 1. The Balaban J connectivity index is 1.72. The third-order valence-electron chi connectivity index (χ3n) is 4.25. The molecular weight excluding hydrogens is 312 g/mol. The lowest BCUT2D eigenvalue weighted by Gasteiger charge is -2.23. The quantitative estimate of drug-likeness (QED) is 0.798. The molecule has 6 heteroatoms. The molecule has 0 N–H and O–H groups in total. The fraction of sp³-hybridized carbons (Fsp3) is 0.471. The number of hydrogen-bond acceptors (Lipinski definition) is 4. The van der Waals surface area contributed by atoms with E-state index in [0.29, 0.717) is 11.8 Å². The van der Waals surface area contributed by atoms with Gasteiger partial charge in [-0.2, -0.15) is 0 Å². The van der Waals surface area contributed by atoms with Gasteiger partial charge < -0.3 is 4.90 Å². The molecule has 0 aromatic heterocycles. The minimum Gasteiger partial charge on any atom is -0.311 e. The van der Waals surface area contributed by atoms with Gasteiger partial charge in [-0.25, -0.2) is 0 Å². The first-order valence-electron chi connectivity index (χ1n) is 7.95. The first kappa shape index (κ1) is 16.1. The lowest BCUT2D eigenvalue weighted by molar-refractivity contribution is -0.138. The molecule has 2 aliphatic heterocycles. The van der Waals surface area contributed by atoms with E-state index >= 15 is 0 Å². The highest BCUT2D eigenvalue weighted by atomic mass is 32.2. The molecule has 0 saturated carbocycles. The third-order valence-corrected chi connectivity index (χ3v) is 5.49. The van der Waals surface area contributed by atoms with Crippen molar-refractivity contribution in [2.45, 2.75) is 42.8 Å². The number of hydrogen-bond donors (Lipinski definition) is 0. The van der Waals surface area contributed by atoms with Gasteiger partial charge in [-0.15, -0.1) is 11.8 Å². The van der Waals surface area contributed by atoms with Gasteiger partial charge in [0.1, 0.15) is 0 Å². The Morgan fingerprint density at radius 1 is 1.22 bits per heavy atom. The van der Waals surface area contributed by atoms with Crippen molar-refractivity contribution in [1.82, 2.24) is 4.90 Å². The van der Waals surface area contributed by atoms with E-state index < -0.39 is 0 Å². The van der Waals surface area contributed by atoms with Crippen LogP contribution < -0.4 is 4.90 Å². The van der Waals surface area contributed by atoms with E-state index in [-0.39, 0.29) is 43.5 Å². The van der Waals surface area contributed by atoms with E-state index in [0.717, 1.165) is 17.0 Å². The standard InChI is InChI=1S/C17H20N2O3S/c1-12-8-10-18(13-4-2-3-5-14(13)23-12)17(22)9-11-19-15(20)6-7-16(19)21/h2-5,12H,6-11H2,1H3. The number of likely N-dealkylation sites (tertiary alicyclic amines) is 1. The summed E-state index contributed by atoms with van der Waals surface area (Å²) in [5, 5.41) is 0.454. The number of carbonyl (C=O) groups is 3. The van der Waals surface area contributed by atoms with Crippen LogP contribution in [0.1, 0.15) is 32.6 Å². The van der Waals surface area contributed by atoms with Crippen LogP contribution >= 0.6 is 11.8 Å². The van der Waals surface area contributed by atoms with Crippen molar-refractivity contribution in [2.24, 2.45) is 0 Å². The summed E-state index contributed by atoms with van der Waals surface area (Å²) in [6.07, 6.45) is 1.65. The summed E-state index contributed by atoms with van der Waals surface area (Å²) in [6, 6.07) is 7.91. The van der Waals surface area contributed by atoms with Crippen molar-refractivity contribution >= 4 is 35.2 Å². The minimum atomic E-state index is -0.164. The molecule has 1 aromatic rings. The van der Waals surface area contributed by atoms with Crippen LogP contribution in [0.2, 0.25) is 0 Å². The van der Waals surface area contributed by atoms with Crippen LogP contribution in [0.4, 0.5) is 5.69 Å². The normalized spacial score (nSPS) is 21.3. The predicted molar refractivity (Wildman–Crippen MR) is 89.3 cm³/mol. The van der Waals surface area contributed by atoms with Crippen LogP contribution in [0.5, 0.6) is 0 Å². The Bertz CT molecular complexity index is 630. The van der Waals surface area contributed by atoms with Gasteiger partial charge in [-0.05, 0) is 18.6 Å². The Morgan fingerprint density at radius 3 is 2.65 bits per heavy atom. The zero-order valence-corrected chi connectivity index (χ0v) is 14.0. The van der Waals surface area contributed by atoms with Crippen LogP contribution in [0, 0.1) is 0 Å². The van der Waals surface area contributed by atoms with Crippen LogP contribution in [-0.4, -0.2) is 41.0 Å². The highest BCUT2D eigenvalue weighted by Crippen LogP contribution is 2.37. The largest absolute Gasteiger partial charge is 0.311 e. The zero-order chi connectivity index (χ0) is 16.4. The molecule has 0 aliphatic carbocycles. The average molecular weight is 332 g/mol. The van der Waals surface area contributed by atoms with E-state index in [9.17, 15) is 14.4 Å². The number of fused-ring (bicyclic) bond motifs is 1. The van der Waals surface area contributed by atoms with E-state index in [1.54, 1.807) is 16.7 Å². The summed E-state index contributed by atoms with van der Waals surface area (Å²) >= 11 is 1.79. The number of imide groups is 1. The molecule has 5 nitrogen and oxygen atoms in total. The zero-order valence-electron chi connectivity index (χ0n) is 13.2. The summed E-state index contributed by atoms with van der Waals surface area (Å²) in [5.41, 5.74) is 0.936. The number of anilines is 1. The van der Waals surface area contributed by atoms with Crippen LogP contribution in [0.3, 0.4) is 0 Å². The van der Waals surface area contributed by atoms with E-state index in [4.69, 9.17) is 0 Å². The van der Waals surface area contributed by atoms with E-state index in [1.165, 1.54) is 4.90 Å². The van der Waals surface area contributed by atoms with Crippen LogP contribution in [0.15, 0.2) is 29.2 Å². The summed E-state index contributed by atoms with van der Waals surface area (Å²) < 4.78 is 0. The van der Waals surface area contributed by atoms with Crippen molar-refractivity contribution in [3.8, 4) is 0 Å². The fourth-order valence-electron chi connectivity index (χ4n) is 2.96. The predicted octanol–water partition coefficient (Wildman–Crippen LogP) is 2.44. The minimum absolute atomic E-state index is 0.0281. The Morgan fingerprint density at radius 2 is 1.91 bits per heavy atom. The van der Waals surface area contributed by atoms with Crippen LogP contribution in [0.25, 0.3) is 0 Å². The molecule has 0 radical (unpaired) electrons. The maximum Gasteiger partial charge on any atom is 0.229 e. The average Bonchev–Trinajstić information content (AvgIpc) is 2.75. The van der Waals surface area contributed by atoms with Gasteiger partial charge in [0.05, 0.1) is 5.69 Å². The monoisotopic (exact) mass is 332 g/mol. The molecule has 0 spiro atoms. The summed E-state index contributed by atoms with van der Waals surface area (Å²) in [5.74, 6) is -0.355. The molecule has 1 fully saturated rings. The molecule has 2 aliphatic rings. The Kier molecular flexibility index (Phi) is 4.71. The topological polar surface area (TPSA) is 57.7 Å². The van der Waals surface area contributed by atoms with Crippen molar-refractivity contribution < 1.29 is 14.4 Å². The maximum absolute atomic E-state index is 12.7. The van der Waals surface area contributed by atoms with Crippen molar-refractivity contribution in [1.29, 1.82) is 0 Å². The SMILES string of the molecule is CC1CCN(C(=O)CCN2C(=O)CCC2=O)c2ccccc2S1. The maximum atomic E-state index is 12.7. The molecule has 3 amide bonds. The van der Waals surface area contributed by atoms with Gasteiger partial charge in [0.15, 0.2) is 0 Å². The second-order valence-corrected chi connectivity index (χ2v) is 7.40. The lowest BCUT2D eigenvalue weighted by Crippen LogP contribution is -2.37. The van der Waals surface area contributed by atoms with Crippen molar-refractivity contribution in [3.05, 3.63) is 24.3 Å². The van der Waals surface area contributed by atoms with Gasteiger partial charge >= 0.3 is 0 Å². The molecule has 0 bridgehead atoms. The molecule has 2 heterocycles. The van der Waals surface area contributed by atoms with Crippen LogP contribution in [-0.2, 0) is 14.4 Å². The molecular formula is C17H20N2O3S. The molecule has 3 rings (SSSR count). The number of para-hydroxylation sites is 1. The number of carbonyl (C=O) groups excluding carboxylic acids is 3. The second-order valence-electron chi connectivity index (χ2n) is 5.92. The first-order chi connectivity index (χ1) is 11.1. The highest BCUT2D eigenvalue weighted by molar-refractivity contribution is 8.00. The first-order valence-corrected chi connectivity index (χ1v) is 8.83. The summed E-state index contributed by atoms with van der Waals surface area (Å²) in [4.78, 5) is 40.1. The van der Waals surface area contributed by atoms with Crippen molar-refractivity contribution in [2.75, 3.05) is 18.0 Å². The molecule has 1 aromatic carbocycles. The van der Waals surface area contributed by atoms with E-state index in [2.05, 4.69) is 6.92 Å². The number of benzene rings is 1. The van der Waals surface area contributed by atoms with Gasteiger partial charge in [0.2, 0.25) is 17.7 Å². The molecule has 1 saturated heterocycles. The van der Waals surface area contributed by atoms with Gasteiger partial charge in [0.25, 0.3) is 0 Å². The summed E-state index contributed by atoms with van der Waals surface area (Å²) in [6.45, 7) is 3.03. The lowest BCUT2D eigenvalue weighted by atomic mass is 10.2. The molecule has 122 valence electrons. The number of amides is 3. The Hall–Kier alpha value is -1.82. The summed E-state index contributed by atoms with van der Waals surface area (Å²) in [7, 11) is 0. The highest BCUT2D eigenvalue weighted by Gasteiger charge is 2.30. The number of nitrogens with zero attached hydrogens (tertiary/aromatic N) is 2. The Labute approximate surface area is 140 Å². The molecule has 1 unspecified atom stereocenters. The second kappa shape index (κ2) is 6.74.